The molecule has 5 nitrogen and oxygen atoms in total. The molecule has 0 radical (unpaired) electrons. The summed E-state index contributed by atoms with van der Waals surface area (Å²) < 4.78 is 12.9. The molecule has 3 aromatic carbocycles. The van der Waals surface area contributed by atoms with Crippen LogP contribution in [0.4, 0.5) is 0 Å². The van der Waals surface area contributed by atoms with E-state index in [0.717, 1.165) is 51.0 Å². The number of hydrogen-bond acceptors (Lipinski definition) is 4. The van der Waals surface area contributed by atoms with Crippen molar-refractivity contribution in [3.8, 4) is 28.4 Å². The van der Waals surface area contributed by atoms with Crippen LogP contribution in [0.5, 0.6) is 11.5 Å². The van der Waals surface area contributed by atoms with Crippen molar-refractivity contribution in [2.45, 2.75) is 20.5 Å². The number of rotatable bonds is 8. The average molecular weight is 441 g/mol. The van der Waals surface area contributed by atoms with Gasteiger partial charge in [-0.25, -0.2) is 0 Å². The van der Waals surface area contributed by atoms with E-state index in [0.29, 0.717) is 6.61 Å². The van der Waals surface area contributed by atoms with Gasteiger partial charge in [-0.15, -0.1) is 0 Å². The van der Waals surface area contributed by atoms with Crippen molar-refractivity contribution in [2.75, 3.05) is 14.2 Å². The summed E-state index contributed by atoms with van der Waals surface area (Å²) >= 11 is 0. The number of nitrogens with zero attached hydrogens (tertiary/aromatic N) is 2. The number of methoxy groups -OCH3 is 2. The SMILES string of the molecule is COc1ccc(CO/N=C(/C)c2cc(-c3ccccc3)n(-c3cccc(OC)c3)c2C)cc1. The molecule has 0 saturated carbocycles. The molecular formula is C28H28N2O3. The lowest BCUT2D eigenvalue weighted by atomic mass is 10.1. The summed E-state index contributed by atoms with van der Waals surface area (Å²) in [6.45, 7) is 4.47. The quantitative estimate of drug-likeness (QED) is 0.235. The highest BCUT2D eigenvalue weighted by Crippen LogP contribution is 2.31. The van der Waals surface area contributed by atoms with Crippen LogP contribution < -0.4 is 9.47 Å². The van der Waals surface area contributed by atoms with Gasteiger partial charge < -0.3 is 18.9 Å². The molecule has 0 saturated heterocycles. The van der Waals surface area contributed by atoms with Crippen LogP contribution >= 0.6 is 0 Å². The minimum absolute atomic E-state index is 0.391. The van der Waals surface area contributed by atoms with Gasteiger partial charge in [-0.3, -0.25) is 0 Å². The van der Waals surface area contributed by atoms with Gasteiger partial charge in [0.15, 0.2) is 0 Å². The lowest BCUT2D eigenvalue weighted by Gasteiger charge is -2.13. The minimum atomic E-state index is 0.391. The number of hydrogen-bond donors (Lipinski definition) is 0. The number of ether oxygens (including phenoxy) is 2. The molecule has 0 bridgehead atoms. The van der Waals surface area contributed by atoms with Gasteiger partial charge in [-0.1, -0.05) is 53.7 Å². The van der Waals surface area contributed by atoms with E-state index in [9.17, 15) is 0 Å². The Morgan fingerprint density at radius 1 is 0.818 bits per heavy atom. The van der Waals surface area contributed by atoms with E-state index in [4.69, 9.17) is 14.3 Å². The van der Waals surface area contributed by atoms with Crippen LogP contribution in [0, 0.1) is 6.92 Å². The zero-order chi connectivity index (χ0) is 23.2. The summed E-state index contributed by atoms with van der Waals surface area (Å²) in [7, 11) is 3.34. The van der Waals surface area contributed by atoms with Crippen molar-refractivity contribution in [2.24, 2.45) is 5.16 Å². The van der Waals surface area contributed by atoms with Gasteiger partial charge in [-0.05, 0) is 55.3 Å². The van der Waals surface area contributed by atoms with Crippen LogP contribution in [0.15, 0.2) is 90.1 Å². The maximum atomic E-state index is 5.68. The summed E-state index contributed by atoms with van der Waals surface area (Å²) in [6.07, 6.45) is 0. The van der Waals surface area contributed by atoms with Crippen molar-refractivity contribution < 1.29 is 14.3 Å². The third-order valence-corrected chi connectivity index (χ3v) is 5.61. The second-order valence-corrected chi connectivity index (χ2v) is 7.73. The maximum Gasteiger partial charge on any atom is 0.142 e. The van der Waals surface area contributed by atoms with Crippen LogP contribution in [0.3, 0.4) is 0 Å². The fourth-order valence-corrected chi connectivity index (χ4v) is 3.85. The smallest absolute Gasteiger partial charge is 0.142 e. The summed E-state index contributed by atoms with van der Waals surface area (Å²) in [5.41, 5.74) is 7.21. The number of benzene rings is 3. The topological polar surface area (TPSA) is 45.0 Å². The predicted molar refractivity (Wildman–Crippen MR) is 132 cm³/mol. The highest BCUT2D eigenvalue weighted by molar-refractivity contribution is 6.01. The van der Waals surface area contributed by atoms with Crippen LogP contribution in [0.2, 0.25) is 0 Å². The Bertz CT molecular complexity index is 1240. The van der Waals surface area contributed by atoms with Crippen molar-refractivity contribution in [1.82, 2.24) is 4.57 Å². The van der Waals surface area contributed by atoms with Gasteiger partial charge >= 0.3 is 0 Å². The lowest BCUT2D eigenvalue weighted by Crippen LogP contribution is -2.03. The van der Waals surface area contributed by atoms with Gasteiger partial charge in [0.1, 0.15) is 18.1 Å². The Kier molecular flexibility index (Phi) is 6.79. The Morgan fingerprint density at radius 2 is 1.55 bits per heavy atom. The molecule has 5 heteroatoms. The Labute approximate surface area is 194 Å². The van der Waals surface area contributed by atoms with E-state index in [1.54, 1.807) is 14.2 Å². The summed E-state index contributed by atoms with van der Waals surface area (Å²) in [5, 5.41) is 4.42. The second kappa shape index (κ2) is 10.1. The molecule has 0 atom stereocenters. The normalized spacial score (nSPS) is 11.3. The van der Waals surface area contributed by atoms with Crippen LogP contribution in [0.1, 0.15) is 23.7 Å². The van der Waals surface area contributed by atoms with Crippen LogP contribution in [-0.4, -0.2) is 24.5 Å². The molecule has 0 aliphatic heterocycles. The molecule has 0 spiro atoms. The van der Waals surface area contributed by atoms with E-state index in [2.05, 4.69) is 40.9 Å². The molecule has 1 aromatic heterocycles. The van der Waals surface area contributed by atoms with Crippen molar-refractivity contribution >= 4 is 5.71 Å². The third-order valence-electron chi connectivity index (χ3n) is 5.61. The van der Waals surface area contributed by atoms with Gasteiger partial charge in [0.05, 0.1) is 25.6 Å². The Hall–Kier alpha value is -3.99. The first kappa shape index (κ1) is 22.2. The van der Waals surface area contributed by atoms with E-state index in [1.807, 2.05) is 67.6 Å². The van der Waals surface area contributed by atoms with E-state index < -0.39 is 0 Å². The molecule has 1 heterocycles. The lowest BCUT2D eigenvalue weighted by molar-refractivity contribution is 0.130. The van der Waals surface area contributed by atoms with E-state index in [-0.39, 0.29) is 0 Å². The first-order valence-electron chi connectivity index (χ1n) is 10.8. The zero-order valence-electron chi connectivity index (χ0n) is 19.4. The molecule has 4 aromatic rings. The molecule has 4 rings (SSSR count). The van der Waals surface area contributed by atoms with E-state index in [1.165, 1.54) is 0 Å². The first-order valence-corrected chi connectivity index (χ1v) is 10.8. The summed E-state index contributed by atoms with van der Waals surface area (Å²) in [5.74, 6) is 1.63. The molecule has 0 unspecified atom stereocenters. The highest BCUT2D eigenvalue weighted by atomic mass is 16.6. The molecule has 0 fully saturated rings. The first-order chi connectivity index (χ1) is 16.1. The van der Waals surface area contributed by atoms with Crippen molar-refractivity contribution in [3.05, 3.63) is 102 Å². The Morgan fingerprint density at radius 3 is 2.24 bits per heavy atom. The number of oxime groups is 1. The minimum Gasteiger partial charge on any atom is -0.497 e. The summed E-state index contributed by atoms with van der Waals surface area (Å²) in [6, 6.07) is 28.4. The van der Waals surface area contributed by atoms with Crippen molar-refractivity contribution in [1.29, 1.82) is 0 Å². The monoisotopic (exact) mass is 440 g/mol. The third kappa shape index (κ3) is 4.93. The van der Waals surface area contributed by atoms with Crippen LogP contribution in [-0.2, 0) is 11.4 Å². The maximum absolute atomic E-state index is 5.68. The Balaban J connectivity index is 1.67. The van der Waals surface area contributed by atoms with Gasteiger partial charge in [0.25, 0.3) is 0 Å². The molecule has 168 valence electrons. The fourth-order valence-electron chi connectivity index (χ4n) is 3.85. The molecule has 0 N–H and O–H groups in total. The number of aromatic nitrogens is 1. The molecule has 0 amide bonds. The summed E-state index contributed by atoms with van der Waals surface area (Å²) in [4.78, 5) is 5.68. The van der Waals surface area contributed by atoms with Gasteiger partial charge in [-0.2, -0.15) is 0 Å². The van der Waals surface area contributed by atoms with Gasteiger partial charge in [0.2, 0.25) is 0 Å². The largest absolute Gasteiger partial charge is 0.497 e. The van der Waals surface area contributed by atoms with Crippen LogP contribution in [0.25, 0.3) is 16.9 Å². The predicted octanol–water partition coefficient (Wildman–Crippen LogP) is 6.41. The average Bonchev–Trinajstić information content (AvgIpc) is 3.22. The molecule has 0 aliphatic carbocycles. The van der Waals surface area contributed by atoms with E-state index >= 15 is 0 Å². The standard InChI is InChI=1S/C28H28N2O3/c1-20(29-33-19-22-13-15-25(31-3)16-14-22)27-18-28(23-9-6-5-7-10-23)30(21(27)2)24-11-8-12-26(17-24)32-4/h5-18H,19H2,1-4H3/b29-20-. The van der Waals surface area contributed by atoms with Gasteiger partial charge in [0, 0.05) is 23.0 Å². The molecular weight excluding hydrogens is 412 g/mol. The molecule has 0 aliphatic rings. The fraction of sp³-hybridized carbons (Fsp3) is 0.179. The highest BCUT2D eigenvalue weighted by Gasteiger charge is 2.17. The molecule has 33 heavy (non-hydrogen) atoms. The second-order valence-electron chi connectivity index (χ2n) is 7.73. The van der Waals surface area contributed by atoms with Crippen molar-refractivity contribution in [3.63, 3.8) is 0 Å². The zero-order valence-corrected chi connectivity index (χ0v) is 19.4.